The molecule has 1 aromatic rings. The fraction of sp³-hybridized carbons (Fsp3) is 0.500. The third kappa shape index (κ3) is 3.08. The van der Waals surface area contributed by atoms with Crippen molar-refractivity contribution in [3.63, 3.8) is 0 Å². The Morgan fingerprint density at radius 2 is 2.29 bits per heavy atom. The number of nitrogens with one attached hydrogen (secondary N) is 1. The zero-order chi connectivity index (χ0) is 10.7. The molecular weight excluding hydrogens is 216 g/mol. The molecule has 0 saturated carbocycles. The summed E-state index contributed by atoms with van der Waals surface area (Å²) < 4.78 is 0. The first-order valence-corrected chi connectivity index (χ1v) is 5.70. The lowest BCUT2D eigenvalue weighted by atomic mass is 10.2. The van der Waals surface area contributed by atoms with E-state index in [2.05, 4.69) is 30.7 Å². The van der Waals surface area contributed by atoms with Crippen LogP contribution in [-0.2, 0) is 0 Å². The monoisotopic (exact) mass is 230 g/mol. The van der Waals surface area contributed by atoms with E-state index in [1.165, 1.54) is 4.88 Å². The molecule has 0 spiro atoms. The molecule has 4 heteroatoms. The maximum absolute atomic E-state index is 5.68. The van der Waals surface area contributed by atoms with Crippen LogP contribution in [-0.4, -0.2) is 11.5 Å². The molecule has 1 N–H and O–H groups in total. The zero-order valence-electron chi connectivity index (χ0n) is 8.72. The van der Waals surface area contributed by atoms with Gasteiger partial charge in [0.25, 0.3) is 0 Å². The number of rotatable bonds is 4. The van der Waals surface area contributed by atoms with Crippen molar-refractivity contribution in [2.75, 3.05) is 6.54 Å². The van der Waals surface area contributed by atoms with Gasteiger partial charge in [0, 0.05) is 22.5 Å². The predicted molar refractivity (Wildman–Crippen MR) is 63.0 cm³/mol. The first kappa shape index (κ1) is 11.7. The maximum atomic E-state index is 5.68. The topological polar surface area (TPSA) is 24.9 Å². The van der Waals surface area contributed by atoms with E-state index in [9.17, 15) is 0 Å². The van der Waals surface area contributed by atoms with Crippen molar-refractivity contribution in [1.82, 2.24) is 10.3 Å². The van der Waals surface area contributed by atoms with Crippen molar-refractivity contribution < 1.29 is 0 Å². The number of thiazole rings is 1. The van der Waals surface area contributed by atoms with Gasteiger partial charge in [-0.05, 0) is 20.8 Å². The minimum atomic E-state index is 0.232. The number of nitrogens with zero attached hydrogens (tertiary/aromatic N) is 1. The van der Waals surface area contributed by atoms with Gasteiger partial charge >= 0.3 is 0 Å². The van der Waals surface area contributed by atoms with Crippen LogP contribution in [0.2, 0.25) is 0 Å². The van der Waals surface area contributed by atoms with Crippen LogP contribution in [0.25, 0.3) is 0 Å². The highest BCUT2D eigenvalue weighted by Gasteiger charge is 2.12. The van der Waals surface area contributed by atoms with Gasteiger partial charge in [-0.25, -0.2) is 4.98 Å². The van der Waals surface area contributed by atoms with Crippen molar-refractivity contribution in [2.24, 2.45) is 0 Å². The molecule has 1 atom stereocenters. The number of hydrogen-bond donors (Lipinski definition) is 1. The quantitative estimate of drug-likeness (QED) is 0.860. The summed E-state index contributed by atoms with van der Waals surface area (Å²) in [6.07, 6.45) is 0. The third-order valence-electron chi connectivity index (χ3n) is 1.95. The van der Waals surface area contributed by atoms with E-state index in [0.29, 0.717) is 11.6 Å². The molecule has 1 heterocycles. The van der Waals surface area contributed by atoms with Gasteiger partial charge < -0.3 is 5.32 Å². The molecule has 0 bridgehead atoms. The summed E-state index contributed by atoms with van der Waals surface area (Å²) in [6, 6.07) is 0.232. The molecule has 0 saturated heterocycles. The van der Waals surface area contributed by atoms with E-state index >= 15 is 0 Å². The summed E-state index contributed by atoms with van der Waals surface area (Å²) in [5.41, 5.74) is 1.12. The van der Waals surface area contributed by atoms with Gasteiger partial charge in [0.05, 0.1) is 10.7 Å². The molecular formula is C10H15ClN2S. The Bertz CT molecular complexity index is 333. The van der Waals surface area contributed by atoms with Crippen molar-refractivity contribution >= 4 is 22.9 Å². The van der Waals surface area contributed by atoms with E-state index in [1.807, 2.05) is 6.92 Å². The summed E-state index contributed by atoms with van der Waals surface area (Å²) in [5.74, 6) is 0. The Morgan fingerprint density at radius 1 is 1.64 bits per heavy atom. The van der Waals surface area contributed by atoms with Crippen LogP contribution >= 0.6 is 22.9 Å². The van der Waals surface area contributed by atoms with Crippen molar-refractivity contribution in [2.45, 2.75) is 26.8 Å². The largest absolute Gasteiger partial charge is 0.304 e. The molecule has 0 aliphatic rings. The summed E-state index contributed by atoms with van der Waals surface area (Å²) >= 11 is 7.40. The lowest BCUT2D eigenvalue weighted by molar-refractivity contribution is 0.598. The standard InChI is InChI=1S/C10H15ClN2S/c1-6(11)5-12-7(2)10-8(3)14-9(4)13-10/h7,12H,1,5H2,2-4H3. The molecule has 0 aliphatic carbocycles. The zero-order valence-corrected chi connectivity index (χ0v) is 10.3. The normalized spacial score (nSPS) is 12.9. The minimum absolute atomic E-state index is 0.232. The van der Waals surface area contributed by atoms with Gasteiger partial charge in [0.2, 0.25) is 0 Å². The average Bonchev–Trinajstić information content (AvgIpc) is 2.41. The Morgan fingerprint density at radius 3 is 2.71 bits per heavy atom. The second kappa shape index (κ2) is 4.91. The Hall–Kier alpha value is -0.380. The van der Waals surface area contributed by atoms with Crippen LogP contribution in [0.4, 0.5) is 0 Å². The summed E-state index contributed by atoms with van der Waals surface area (Å²) in [4.78, 5) is 5.74. The lowest BCUT2D eigenvalue weighted by Crippen LogP contribution is -2.20. The predicted octanol–water partition coefficient (Wildman–Crippen LogP) is 3.16. The van der Waals surface area contributed by atoms with E-state index < -0.39 is 0 Å². The van der Waals surface area contributed by atoms with Gasteiger partial charge in [0.1, 0.15) is 0 Å². The molecule has 1 unspecified atom stereocenters. The highest BCUT2D eigenvalue weighted by Crippen LogP contribution is 2.22. The Labute approximate surface area is 94.0 Å². The van der Waals surface area contributed by atoms with Gasteiger partial charge in [-0.1, -0.05) is 18.2 Å². The molecule has 2 nitrogen and oxygen atoms in total. The number of halogens is 1. The van der Waals surface area contributed by atoms with Gasteiger partial charge in [-0.3, -0.25) is 0 Å². The van der Waals surface area contributed by atoms with Crippen molar-refractivity contribution in [3.8, 4) is 0 Å². The molecule has 78 valence electrons. The molecule has 0 amide bonds. The lowest BCUT2D eigenvalue weighted by Gasteiger charge is -2.11. The summed E-state index contributed by atoms with van der Waals surface area (Å²) in [6.45, 7) is 10.5. The fourth-order valence-corrected chi connectivity index (χ4v) is 2.30. The number of aromatic nitrogens is 1. The van der Waals surface area contributed by atoms with Crippen LogP contribution in [0.5, 0.6) is 0 Å². The van der Waals surface area contributed by atoms with E-state index in [4.69, 9.17) is 11.6 Å². The number of hydrogen-bond acceptors (Lipinski definition) is 3. The smallest absolute Gasteiger partial charge is 0.0900 e. The second-order valence-corrected chi connectivity index (χ2v) is 5.24. The van der Waals surface area contributed by atoms with Gasteiger partial charge in [0.15, 0.2) is 0 Å². The molecule has 1 aromatic heterocycles. The van der Waals surface area contributed by atoms with Crippen LogP contribution in [0.15, 0.2) is 11.6 Å². The fourth-order valence-electron chi connectivity index (χ4n) is 1.31. The summed E-state index contributed by atoms with van der Waals surface area (Å²) in [7, 11) is 0. The van der Waals surface area contributed by atoms with Gasteiger partial charge in [-0.2, -0.15) is 0 Å². The minimum Gasteiger partial charge on any atom is -0.304 e. The van der Waals surface area contributed by atoms with E-state index in [-0.39, 0.29) is 6.04 Å². The average molecular weight is 231 g/mol. The molecule has 0 aliphatic heterocycles. The molecule has 0 radical (unpaired) electrons. The van der Waals surface area contributed by atoms with Crippen molar-refractivity contribution in [1.29, 1.82) is 0 Å². The van der Waals surface area contributed by atoms with Crippen molar-refractivity contribution in [3.05, 3.63) is 27.2 Å². The van der Waals surface area contributed by atoms with Crippen LogP contribution in [0.3, 0.4) is 0 Å². The van der Waals surface area contributed by atoms with E-state index in [0.717, 1.165) is 10.7 Å². The second-order valence-electron chi connectivity index (χ2n) is 3.29. The highest BCUT2D eigenvalue weighted by molar-refractivity contribution is 7.11. The highest BCUT2D eigenvalue weighted by atomic mass is 35.5. The molecule has 0 fully saturated rings. The first-order chi connectivity index (χ1) is 6.50. The number of aryl methyl sites for hydroxylation is 2. The molecule has 0 aromatic carbocycles. The maximum Gasteiger partial charge on any atom is 0.0900 e. The van der Waals surface area contributed by atoms with Crippen LogP contribution in [0, 0.1) is 13.8 Å². The van der Waals surface area contributed by atoms with E-state index in [1.54, 1.807) is 11.3 Å². The first-order valence-electron chi connectivity index (χ1n) is 4.51. The Kier molecular flexibility index (Phi) is 4.11. The van der Waals surface area contributed by atoms with Crippen LogP contribution < -0.4 is 5.32 Å². The molecule has 1 rings (SSSR count). The molecule has 14 heavy (non-hydrogen) atoms. The SMILES string of the molecule is C=C(Cl)CNC(C)c1nc(C)sc1C. The van der Waals surface area contributed by atoms with Crippen LogP contribution in [0.1, 0.15) is 28.5 Å². The van der Waals surface area contributed by atoms with Gasteiger partial charge in [-0.15, -0.1) is 11.3 Å². The third-order valence-corrected chi connectivity index (χ3v) is 2.99. The summed E-state index contributed by atoms with van der Waals surface area (Å²) in [5, 5.41) is 5.00. The Balaban J connectivity index is 2.64.